The van der Waals surface area contributed by atoms with Crippen molar-refractivity contribution in [3.8, 4) is 0 Å². The molecule has 2 amide bonds. The summed E-state index contributed by atoms with van der Waals surface area (Å²) in [6.45, 7) is 0. The number of amides is 2. The Morgan fingerprint density at radius 2 is 1.74 bits per heavy atom. The molecule has 0 aliphatic rings. The Balaban J connectivity index is 1.88. The molecule has 0 saturated carbocycles. The summed E-state index contributed by atoms with van der Waals surface area (Å²) >= 11 is 13.6. The van der Waals surface area contributed by atoms with Crippen molar-refractivity contribution < 1.29 is 9.59 Å². The lowest BCUT2D eigenvalue weighted by molar-refractivity contribution is -0.113. The average Bonchev–Trinajstić information content (AvgIpc) is 2.50. The molecular weight excluding hydrogens is 355 g/mol. The molecule has 3 N–H and O–H groups in total. The van der Waals surface area contributed by atoms with Crippen LogP contribution in [-0.2, 0) is 10.5 Å². The SMILES string of the molecule is NC(=O)c1cccc(NC(=O)CSCc2c(Cl)cccc2Cl)c1. The van der Waals surface area contributed by atoms with Crippen LogP contribution in [0.2, 0.25) is 10.0 Å². The van der Waals surface area contributed by atoms with Crippen LogP contribution in [0.4, 0.5) is 5.69 Å². The van der Waals surface area contributed by atoms with Gasteiger partial charge in [-0.25, -0.2) is 0 Å². The molecule has 2 aromatic carbocycles. The highest BCUT2D eigenvalue weighted by Crippen LogP contribution is 2.28. The normalized spacial score (nSPS) is 10.3. The molecule has 0 fully saturated rings. The van der Waals surface area contributed by atoms with E-state index in [4.69, 9.17) is 28.9 Å². The molecule has 0 aliphatic heterocycles. The first kappa shape index (κ1) is 17.7. The summed E-state index contributed by atoms with van der Waals surface area (Å²) in [7, 11) is 0. The number of halogens is 2. The van der Waals surface area contributed by atoms with Gasteiger partial charge >= 0.3 is 0 Å². The fourth-order valence-electron chi connectivity index (χ4n) is 1.86. The topological polar surface area (TPSA) is 72.2 Å². The third-order valence-corrected chi connectivity index (χ3v) is 4.64. The zero-order valence-corrected chi connectivity index (χ0v) is 14.3. The van der Waals surface area contributed by atoms with E-state index in [2.05, 4.69) is 5.32 Å². The van der Waals surface area contributed by atoms with Crippen LogP contribution in [0.5, 0.6) is 0 Å². The Morgan fingerprint density at radius 1 is 1.09 bits per heavy atom. The van der Waals surface area contributed by atoms with Gasteiger partial charge in [0.25, 0.3) is 0 Å². The van der Waals surface area contributed by atoms with Crippen LogP contribution in [0, 0.1) is 0 Å². The molecule has 2 rings (SSSR count). The van der Waals surface area contributed by atoms with Crippen molar-refractivity contribution in [1.82, 2.24) is 0 Å². The molecule has 23 heavy (non-hydrogen) atoms. The van der Waals surface area contributed by atoms with E-state index in [1.165, 1.54) is 17.8 Å². The lowest BCUT2D eigenvalue weighted by atomic mass is 10.2. The smallest absolute Gasteiger partial charge is 0.248 e. The van der Waals surface area contributed by atoms with Gasteiger partial charge in [0, 0.05) is 27.0 Å². The summed E-state index contributed by atoms with van der Waals surface area (Å²) in [5.41, 5.74) is 6.89. The maximum atomic E-state index is 11.9. The fourth-order valence-corrected chi connectivity index (χ4v) is 3.43. The summed E-state index contributed by atoms with van der Waals surface area (Å²) in [6.07, 6.45) is 0. The maximum Gasteiger partial charge on any atom is 0.248 e. The number of anilines is 1. The van der Waals surface area contributed by atoms with Gasteiger partial charge in [-0.1, -0.05) is 35.3 Å². The summed E-state index contributed by atoms with van der Waals surface area (Å²) in [5, 5.41) is 3.89. The van der Waals surface area contributed by atoms with E-state index in [1.54, 1.807) is 36.4 Å². The van der Waals surface area contributed by atoms with E-state index in [0.717, 1.165) is 5.56 Å². The number of nitrogens with one attached hydrogen (secondary N) is 1. The standard InChI is InChI=1S/C16H14Cl2N2O2S/c17-13-5-2-6-14(18)12(13)8-23-9-15(21)20-11-4-1-3-10(7-11)16(19)22/h1-7H,8-9H2,(H2,19,22)(H,20,21). The molecule has 120 valence electrons. The lowest BCUT2D eigenvalue weighted by Crippen LogP contribution is -2.16. The number of thioether (sulfide) groups is 1. The number of carbonyl (C=O) groups is 2. The number of hydrogen-bond donors (Lipinski definition) is 2. The molecule has 0 heterocycles. The fraction of sp³-hybridized carbons (Fsp3) is 0.125. The van der Waals surface area contributed by atoms with Crippen molar-refractivity contribution in [3.63, 3.8) is 0 Å². The van der Waals surface area contributed by atoms with Crippen LogP contribution in [0.15, 0.2) is 42.5 Å². The van der Waals surface area contributed by atoms with Crippen molar-refractivity contribution in [1.29, 1.82) is 0 Å². The predicted octanol–water partition coefficient (Wildman–Crippen LogP) is 3.96. The molecular formula is C16H14Cl2N2O2S. The zero-order valence-electron chi connectivity index (χ0n) is 12.0. The highest BCUT2D eigenvalue weighted by atomic mass is 35.5. The second-order valence-electron chi connectivity index (χ2n) is 4.69. The van der Waals surface area contributed by atoms with Crippen LogP contribution >= 0.6 is 35.0 Å². The monoisotopic (exact) mass is 368 g/mol. The number of carbonyl (C=O) groups excluding carboxylic acids is 2. The second kappa shape index (κ2) is 8.24. The molecule has 4 nitrogen and oxygen atoms in total. The van der Waals surface area contributed by atoms with Crippen molar-refractivity contribution >= 4 is 52.5 Å². The highest BCUT2D eigenvalue weighted by Gasteiger charge is 2.08. The first-order valence-corrected chi connectivity index (χ1v) is 8.59. The van der Waals surface area contributed by atoms with Gasteiger partial charge in [0.15, 0.2) is 0 Å². The first-order valence-electron chi connectivity index (χ1n) is 6.67. The first-order chi connectivity index (χ1) is 11.0. The van der Waals surface area contributed by atoms with Gasteiger partial charge in [0.1, 0.15) is 0 Å². The highest BCUT2D eigenvalue weighted by molar-refractivity contribution is 7.99. The van der Waals surface area contributed by atoms with E-state index in [0.29, 0.717) is 27.0 Å². The average molecular weight is 369 g/mol. The van der Waals surface area contributed by atoms with Gasteiger partial charge in [-0.3, -0.25) is 9.59 Å². The second-order valence-corrected chi connectivity index (χ2v) is 6.49. The van der Waals surface area contributed by atoms with Crippen molar-refractivity contribution in [3.05, 3.63) is 63.6 Å². The van der Waals surface area contributed by atoms with Gasteiger partial charge < -0.3 is 11.1 Å². The number of hydrogen-bond acceptors (Lipinski definition) is 3. The van der Waals surface area contributed by atoms with Crippen LogP contribution in [-0.4, -0.2) is 17.6 Å². The Kier molecular flexibility index (Phi) is 6.33. The molecule has 2 aromatic rings. The molecule has 7 heteroatoms. The van der Waals surface area contributed by atoms with Crippen molar-refractivity contribution in [2.24, 2.45) is 5.73 Å². The van der Waals surface area contributed by atoms with Crippen molar-refractivity contribution in [2.45, 2.75) is 5.75 Å². The van der Waals surface area contributed by atoms with Gasteiger partial charge in [0.2, 0.25) is 11.8 Å². The molecule has 0 aliphatic carbocycles. The number of nitrogens with two attached hydrogens (primary N) is 1. The summed E-state index contributed by atoms with van der Waals surface area (Å²) < 4.78 is 0. The Morgan fingerprint density at radius 3 is 2.39 bits per heavy atom. The third kappa shape index (κ3) is 5.16. The minimum Gasteiger partial charge on any atom is -0.366 e. The molecule has 0 aromatic heterocycles. The van der Waals surface area contributed by atoms with Gasteiger partial charge in [-0.05, 0) is 35.9 Å². The molecule has 0 spiro atoms. The van der Waals surface area contributed by atoms with Crippen LogP contribution < -0.4 is 11.1 Å². The number of rotatable bonds is 6. The maximum absolute atomic E-state index is 11.9. The number of primary amides is 1. The van der Waals surface area contributed by atoms with Crippen LogP contribution in [0.3, 0.4) is 0 Å². The Labute approximate surface area is 148 Å². The van der Waals surface area contributed by atoms with Gasteiger partial charge in [0.05, 0.1) is 5.75 Å². The summed E-state index contributed by atoms with van der Waals surface area (Å²) in [5.74, 6) is 0.0546. The van der Waals surface area contributed by atoms with E-state index in [9.17, 15) is 9.59 Å². The summed E-state index contributed by atoms with van der Waals surface area (Å²) in [4.78, 5) is 23.1. The Hall–Kier alpha value is -1.69. The lowest BCUT2D eigenvalue weighted by Gasteiger charge is -2.08. The molecule has 0 radical (unpaired) electrons. The summed E-state index contributed by atoms with van der Waals surface area (Å²) in [6, 6.07) is 11.8. The predicted molar refractivity (Wildman–Crippen MR) is 96.2 cm³/mol. The zero-order chi connectivity index (χ0) is 16.8. The van der Waals surface area contributed by atoms with Gasteiger partial charge in [-0.2, -0.15) is 0 Å². The molecule has 0 unspecified atom stereocenters. The van der Waals surface area contributed by atoms with Crippen LogP contribution in [0.25, 0.3) is 0 Å². The van der Waals surface area contributed by atoms with E-state index < -0.39 is 5.91 Å². The molecule has 0 saturated heterocycles. The van der Waals surface area contributed by atoms with Gasteiger partial charge in [-0.15, -0.1) is 11.8 Å². The molecule has 0 bridgehead atoms. The van der Waals surface area contributed by atoms with Crippen LogP contribution in [0.1, 0.15) is 15.9 Å². The quantitative estimate of drug-likeness (QED) is 0.810. The molecule has 0 atom stereocenters. The third-order valence-electron chi connectivity index (χ3n) is 2.97. The minimum atomic E-state index is -0.538. The minimum absolute atomic E-state index is 0.181. The van der Waals surface area contributed by atoms with Crippen molar-refractivity contribution in [2.75, 3.05) is 11.1 Å². The Bertz CT molecular complexity index is 718. The van der Waals surface area contributed by atoms with E-state index in [1.807, 2.05) is 0 Å². The van der Waals surface area contributed by atoms with E-state index >= 15 is 0 Å². The van der Waals surface area contributed by atoms with E-state index in [-0.39, 0.29) is 11.7 Å². The number of benzene rings is 2. The largest absolute Gasteiger partial charge is 0.366 e.